The second-order valence-electron chi connectivity index (χ2n) is 8.42. The smallest absolute Gasteiger partial charge is 0.243 e. The normalized spacial score (nSPS) is 31.9. The van der Waals surface area contributed by atoms with Crippen molar-refractivity contribution in [2.24, 2.45) is 5.92 Å². The van der Waals surface area contributed by atoms with E-state index in [9.17, 15) is 9.30 Å². The first kappa shape index (κ1) is 19.4. The van der Waals surface area contributed by atoms with E-state index >= 15 is 0 Å². The molecule has 4 rings (SSSR count). The van der Waals surface area contributed by atoms with E-state index in [4.69, 9.17) is 0 Å². The number of hydrogen-bond donors (Lipinski definition) is 2. The van der Waals surface area contributed by atoms with Gasteiger partial charge in [-0.2, -0.15) is 0 Å². The number of nitroso groups, excluding NO2 is 1. The summed E-state index contributed by atoms with van der Waals surface area (Å²) in [4.78, 5) is 14.4. The molecule has 3 aliphatic rings. The Balaban J connectivity index is 1.56. The molecule has 2 N–H and O–H groups in total. The standard InChI is InChI=1S/C22H32FN4O/c1-2-10-24-14-17-15-25-21(16-6-8-18(23)9-7-16)13-20(17)22-12-19-5-3-4-11-26(19)27(22)28/h6-9,14,19-22,24-25H,2-5,10-13,15H2,1H3/q+1/b17-14-. The molecule has 5 nitrogen and oxygen atoms in total. The monoisotopic (exact) mass is 387 g/mol. The minimum Gasteiger partial charge on any atom is -0.391 e. The Labute approximate surface area is 166 Å². The van der Waals surface area contributed by atoms with Gasteiger partial charge in [0.05, 0.1) is 23.4 Å². The summed E-state index contributed by atoms with van der Waals surface area (Å²) in [6, 6.07) is 7.33. The zero-order chi connectivity index (χ0) is 19.5. The third kappa shape index (κ3) is 3.93. The Morgan fingerprint density at radius 3 is 2.86 bits per heavy atom. The van der Waals surface area contributed by atoms with Crippen molar-refractivity contribution < 1.29 is 9.26 Å². The van der Waals surface area contributed by atoms with Gasteiger partial charge in [0.2, 0.25) is 6.04 Å². The van der Waals surface area contributed by atoms with Gasteiger partial charge in [0.15, 0.2) is 0 Å². The molecule has 152 valence electrons. The third-order valence-electron chi connectivity index (χ3n) is 6.58. The fourth-order valence-electron chi connectivity index (χ4n) is 5.08. The van der Waals surface area contributed by atoms with Crippen LogP contribution in [0.1, 0.15) is 57.1 Å². The molecular weight excluding hydrogens is 355 g/mol. The molecule has 3 heterocycles. The number of piperidine rings is 2. The largest absolute Gasteiger partial charge is 0.391 e. The second kappa shape index (κ2) is 8.60. The molecule has 1 aromatic carbocycles. The summed E-state index contributed by atoms with van der Waals surface area (Å²) in [6.45, 7) is 4.75. The van der Waals surface area contributed by atoms with Crippen molar-refractivity contribution in [1.82, 2.24) is 15.6 Å². The number of fused-ring (bicyclic) bond motifs is 1. The maximum Gasteiger partial charge on any atom is 0.243 e. The maximum atomic E-state index is 13.3. The van der Waals surface area contributed by atoms with Crippen molar-refractivity contribution in [1.29, 1.82) is 0 Å². The topological polar surface area (TPSA) is 47.4 Å². The molecular formula is C22H32FN4O+. The van der Waals surface area contributed by atoms with Gasteiger partial charge in [-0.15, -0.1) is 5.01 Å². The molecule has 0 amide bonds. The Morgan fingerprint density at radius 1 is 1.29 bits per heavy atom. The zero-order valence-corrected chi connectivity index (χ0v) is 16.7. The van der Waals surface area contributed by atoms with Crippen LogP contribution < -0.4 is 10.6 Å². The summed E-state index contributed by atoms with van der Waals surface area (Å²) in [5, 5.41) is 9.08. The first-order valence-electron chi connectivity index (χ1n) is 10.8. The van der Waals surface area contributed by atoms with Gasteiger partial charge in [0.1, 0.15) is 10.7 Å². The third-order valence-corrected chi connectivity index (χ3v) is 6.58. The van der Waals surface area contributed by atoms with E-state index in [1.807, 2.05) is 12.1 Å². The van der Waals surface area contributed by atoms with Crippen LogP contribution in [-0.2, 0) is 0 Å². The molecule has 1 aromatic rings. The highest BCUT2D eigenvalue weighted by Gasteiger charge is 2.53. The van der Waals surface area contributed by atoms with Crippen LogP contribution in [0.3, 0.4) is 0 Å². The molecule has 0 aromatic heterocycles. The van der Waals surface area contributed by atoms with E-state index in [-0.39, 0.29) is 23.8 Å². The van der Waals surface area contributed by atoms with Crippen LogP contribution >= 0.6 is 0 Å². The Bertz CT molecular complexity index is 720. The van der Waals surface area contributed by atoms with Crippen LogP contribution in [0.15, 0.2) is 36.0 Å². The summed E-state index contributed by atoms with van der Waals surface area (Å²) in [6.07, 6.45) is 8.51. The van der Waals surface area contributed by atoms with E-state index in [1.54, 1.807) is 0 Å². The number of nitrogens with zero attached hydrogens (tertiary/aromatic N) is 2. The van der Waals surface area contributed by atoms with Crippen molar-refractivity contribution in [2.75, 3.05) is 19.6 Å². The Morgan fingerprint density at radius 2 is 2.11 bits per heavy atom. The first-order valence-corrected chi connectivity index (χ1v) is 10.8. The highest BCUT2D eigenvalue weighted by Crippen LogP contribution is 2.40. The van der Waals surface area contributed by atoms with E-state index < -0.39 is 0 Å². The molecule has 6 heteroatoms. The summed E-state index contributed by atoms with van der Waals surface area (Å²) < 4.78 is 13.3. The van der Waals surface area contributed by atoms with Gasteiger partial charge in [0.25, 0.3) is 0 Å². The summed E-state index contributed by atoms with van der Waals surface area (Å²) >= 11 is 0. The van der Waals surface area contributed by atoms with Crippen LogP contribution in [-0.4, -0.2) is 41.6 Å². The molecule has 3 saturated heterocycles. The highest BCUT2D eigenvalue weighted by atomic mass is 19.1. The number of rotatable bonds is 5. The van der Waals surface area contributed by atoms with Crippen LogP contribution in [0.4, 0.5) is 4.39 Å². The lowest BCUT2D eigenvalue weighted by molar-refractivity contribution is -0.721. The minimum atomic E-state index is -0.209. The van der Waals surface area contributed by atoms with Crippen molar-refractivity contribution in [2.45, 2.75) is 63.6 Å². The van der Waals surface area contributed by atoms with E-state index in [0.29, 0.717) is 6.04 Å². The number of nitrogens with one attached hydrogen (secondary N) is 2. The van der Waals surface area contributed by atoms with E-state index in [0.717, 1.165) is 57.3 Å². The quantitative estimate of drug-likeness (QED) is 0.598. The van der Waals surface area contributed by atoms with Crippen molar-refractivity contribution in [3.05, 3.63) is 52.3 Å². The van der Waals surface area contributed by atoms with Crippen molar-refractivity contribution >= 4 is 0 Å². The lowest BCUT2D eigenvalue weighted by atomic mass is 9.79. The predicted molar refractivity (Wildman–Crippen MR) is 108 cm³/mol. The van der Waals surface area contributed by atoms with Gasteiger partial charge in [-0.1, -0.05) is 19.1 Å². The summed E-state index contributed by atoms with van der Waals surface area (Å²) in [5.41, 5.74) is 2.39. The highest BCUT2D eigenvalue weighted by molar-refractivity contribution is 5.24. The average Bonchev–Trinajstić information content (AvgIpc) is 3.06. The van der Waals surface area contributed by atoms with Gasteiger partial charge < -0.3 is 10.6 Å². The van der Waals surface area contributed by atoms with E-state index in [2.05, 4.69) is 28.8 Å². The molecule has 4 atom stereocenters. The Hall–Kier alpha value is -1.95. The van der Waals surface area contributed by atoms with Crippen LogP contribution in [0, 0.1) is 16.6 Å². The van der Waals surface area contributed by atoms with Gasteiger partial charge >= 0.3 is 0 Å². The molecule has 4 unspecified atom stereocenters. The maximum absolute atomic E-state index is 13.3. The van der Waals surface area contributed by atoms with Crippen LogP contribution in [0.25, 0.3) is 0 Å². The molecule has 0 bridgehead atoms. The lowest BCUT2D eigenvalue weighted by Gasteiger charge is -2.33. The number of halogens is 1. The van der Waals surface area contributed by atoms with Gasteiger partial charge in [0, 0.05) is 25.6 Å². The molecule has 3 fully saturated rings. The van der Waals surface area contributed by atoms with E-state index in [1.165, 1.54) is 29.0 Å². The average molecular weight is 388 g/mol. The van der Waals surface area contributed by atoms with Gasteiger partial charge in [-0.3, -0.25) is 0 Å². The molecule has 0 aliphatic carbocycles. The predicted octanol–water partition coefficient (Wildman–Crippen LogP) is 3.68. The second-order valence-corrected chi connectivity index (χ2v) is 8.42. The molecule has 0 radical (unpaired) electrons. The first-order chi connectivity index (χ1) is 13.7. The van der Waals surface area contributed by atoms with Crippen molar-refractivity contribution in [3.63, 3.8) is 0 Å². The fraction of sp³-hybridized carbons (Fsp3) is 0.636. The molecule has 28 heavy (non-hydrogen) atoms. The number of benzene rings is 1. The number of hydrogen-bond acceptors (Lipinski definition) is 3. The molecule has 0 saturated carbocycles. The van der Waals surface area contributed by atoms with Crippen molar-refractivity contribution in [3.8, 4) is 0 Å². The Kier molecular flexibility index (Phi) is 5.95. The zero-order valence-electron chi connectivity index (χ0n) is 16.7. The fourth-order valence-corrected chi connectivity index (χ4v) is 5.08. The summed E-state index contributed by atoms with van der Waals surface area (Å²) in [7, 11) is 0. The molecule has 3 aliphatic heterocycles. The SMILES string of the molecule is CCCN/C=C1/CNC(c2ccc(F)cc2)CC1C1CC2CCCCN2[N+]1=O. The van der Waals surface area contributed by atoms with Crippen LogP contribution in [0.2, 0.25) is 0 Å². The summed E-state index contributed by atoms with van der Waals surface area (Å²) in [5.74, 6) is 0.00243. The van der Waals surface area contributed by atoms with Crippen LogP contribution in [0.5, 0.6) is 0 Å². The van der Waals surface area contributed by atoms with Gasteiger partial charge in [-0.25, -0.2) is 4.39 Å². The minimum absolute atomic E-state index is 0.00262. The van der Waals surface area contributed by atoms with Gasteiger partial charge in [-0.05, 0) is 61.6 Å². The molecule has 0 spiro atoms. The lowest BCUT2D eigenvalue weighted by Crippen LogP contribution is -2.44. The number of hydrazine groups is 1.